The van der Waals surface area contributed by atoms with Gasteiger partial charge >= 0.3 is 0 Å². The number of aryl methyl sites for hydroxylation is 1. The molecule has 0 fully saturated rings. The Bertz CT molecular complexity index is 546. The highest BCUT2D eigenvalue weighted by Crippen LogP contribution is 2.10. The Kier molecular flexibility index (Phi) is 4.74. The van der Waals surface area contributed by atoms with Crippen LogP contribution in [0.2, 0.25) is 0 Å². The maximum atomic E-state index is 12.0. The topological polar surface area (TPSA) is 29.1 Å². The molecule has 2 aromatic carbocycles. The highest BCUT2D eigenvalue weighted by atomic mass is 79.9. The van der Waals surface area contributed by atoms with E-state index in [0.29, 0.717) is 12.1 Å². The fourth-order valence-electron chi connectivity index (χ4n) is 1.78. The van der Waals surface area contributed by atoms with Gasteiger partial charge in [0, 0.05) is 16.6 Å². The first-order chi connectivity index (χ1) is 9.19. The molecule has 0 atom stereocenters. The van der Waals surface area contributed by atoms with Gasteiger partial charge in [0.25, 0.3) is 5.91 Å². The normalized spacial score (nSPS) is 10.2. The molecule has 0 aliphatic heterocycles. The second-order valence-electron chi connectivity index (χ2n) is 4.36. The van der Waals surface area contributed by atoms with Gasteiger partial charge in [-0.2, -0.15) is 0 Å². The lowest BCUT2D eigenvalue weighted by Gasteiger charge is -2.06. The van der Waals surface area contributed by atoms with Crippen LogP contribution in [0.1, 0.15) is 28.4 Å². The number of benzene rings is 2. The number of amides is 1. The minimum Gasteiger partial charge on any atom is -0.348 e. The lowest BCUT2D eigenvalue weighted by Crippen LogP contribution is -2.22. The number of carbonyl (C=O) groups excluding carboxylic acids is 1. The van der Waals surface area contributed by atoms with Gasteiger partial charge < -0.3 is 5.32 Å². The Balaban J connectivity index is 1.95. The Morgan fingerprint density at radius 3 is 2.16 bits per heavy atom. The van der Waals surface area contributed by atoms with Crippen molar-refractivity contribution in [2.45, 2.75) is 19.9 Å². The summed E-state index contributed by atoms with van der Waals surface area (Å²) < 4.78 is 1.04. The molecule has 0 saturated heterocycles. The third-order valence-corrected chi connectivity index (χ3v) is 3.52. The van der Waals surface area contributed by atoms with Crippen molar-refractivity contribution in [3.8, 4) is 0 Å². The second-order valence-corrected chi connectivity index (χ2v) is 5.28. The standard InChI is InChI=1S/C16H16BrNO/c1-2-12-3-7-14(8-4-12)16(19)18-11-13-5-9-15(17)10-6-13/h3-10H,2,11H2,1H3,(H,18,19). The zero-order chi connectivity index (χ0) is 13.7. The molecule has 3 heteroatoms. The van der Waals surface area contributed by atoms with Crippen LogP contribution in [0, 0.1) is 0 Å². The van der Waals surface area contributed by atoms with E-state index in [1.165, 1.54) is 5.56 Å². The van der Waals surface area contributed by atoms with E-state index in [-0.39, 0.29) is 5.91 Å². The fraction of sp³-hybridized carbons (Fsp3) is 0.188. The monoisotopic (exact) mass is 317 g/mol. The SMILES string of the molecule is CCc1ccc(C(=O)NCc2ccc(Br)cc2)cc1. The number of hydrogen-bond acceptors (Lipinski definition) is 1. The first-order valence-electron chi connectivity index (χ1n) is 6.30. The van der Waals surface area contributed by atoms with Crippen molar-refractivity contribution in [1.82, 2.24) is 5.32 Å². The summed E-state index contributed by atoms with van der Waals surface area (Å²) in [7, 11) is 0. The van der Waals surface area contributed by atoms with Crippen LogP contribution in [0.4, 0.5) is 0 Å². The molecule has 0 aromatic heterocycles. The molecule has 1 amide bonds. The Labute approximate surface area is 122 Å². The second kappa shape index (κ2) is 6.53. The lowest BCUT2D eigenvalue weighted by atomic mass is 10.1. The number of nitrogens with one attached hydrogen (secondary N) is 1. The van der Waals surface area contributed by atoms with Gasteiger partial charge in [-0.25, -0.2) is 0 Å². The Hall–Kier alpha value is -1.61. The van der Waals surface area contributed by atoms with E-state index in [0.717, 1.165) is 16.5 Å². The van der Waals surface area contributed by atoms with Gasteiger partial charge in [0.05, 0.1) is 0 Å². The smallest absolute Gasteiger partial charge is 0.251 e. The van der Waals surface area contributed by atoms with Crippen LogP contribution in [-0.4, -0.2) is 5.91 Å². The first-order valence-corrected chi connectivity index (χ1v) is 7.10. The number of halogens is 1. The summed E-state index contributed by atoms with van der Waals surface area (Å²) in [4.78, 5) is 12.0. The molecule has 0 spiro atoms. The van der Waals surface area contributed by atoms with E-state index < -0.39 is 0 Å². The van der Waals surface area contributed by atoms with E-state index in [4.69, 9.17) is 0 Å². The van der Waals surface area contributed by atoms with Gasteiger partial charge in [-0.15, -0.1) is 0 Å². The summed E-state index contributed by atoms with van der Waals surface area (Å²) >= 11 is 3.39. The molecule has 0 bridgehead atoms. The maximum Gasteiger partial charge on any atom is 0.251 e. The van der Waals surface area contributed by atoms with Crippen molar-refractivity contribution >= 4 is 21.8 Å². The van der Waals surface area contributed by atoms with E-state index in [9.17, 15) is 4.79 Å². The zero-order valence-electron chi connectivity index (χ0n) is 10.8. The summed E-state index contributed by atoms with van der Waals surface area (Å²) in [5.74, 6) is -0.0365. The summed E-state index contributed by atoms with van der Waals surface area (Å²) in [5, 5.41) is 2.92. The number of hydrogen-bond donors (Lipinski definition) is 1. The minimum absolute atomic E-state index is 0.0365. The molecule has 0 aliphatic carbocycles. The summed E-state index contributed by atoms with van der Waals surface area (Å²) in [6, 6.07) is 15.7. The average molecular weight is 318 g/mol. The molecule has 0 heterocycles. The van der Waals surface area contributed by atoms with Gasteiger partial charge in [-0.05, 0) is 41.8 Å². The summed E-state index contributed by atoms with van der Waals surface area (Å²) in [6.45, 7) is 2.64. The van der Waals surface area contributed by atoms with Gasteiger partial charge in [-0.3, -0.25) is 4.79 Å². The molecule has 0 radical (unpaired) electrons. The van der Waals surface area contributed by atoms with Gasteiger partial charge in [-0.1, -0.05) is 47.1 Å². The minimum atomic E-state index is -0.0365. The molecule has 2 aromatic rings. The van der Waals surface area contributed by atoms with Crippen LogP contribution in [0.5, 0.6) is 0 Å². The van der Waals surface area contributed by atoms with E-state index >= 15 is 0 Å². The van der Waals surface area contributed by atoms with Crippen LogP contribution < -0.4 is 5.32 Å². The van der Waals surface area contributed by atoms with Crippen molar-refractivity contribution < 1.29 is 4.79 Å². The van der Waals surface area contributed by atoms with Crippen LogP contribution in [0.3, 0.4) is 0 Å². The fourth-order valence-corrected chi connectivity index (χ4v) is 2.04. The highest BCUT2D eigenvalue weighted by molar-refractivity contribution is 9.10. The molecule has 19 heavy (non-hydrogen) atoms. The Morgan fingerprint density at radius 2 is 1.58 bits per heavy atom. The molecule has 0 unspecified atom stereocenters. The van der Waals surface area contributed by atoms with Crippen LogP contribution >= 0.6 is 15.9 Å². The van der Waals surface area contributed by atoms with Gasteiger partial charge in [0.2, 0.25) is 0 Å². The molecular formula is C16H16BrNO. The first kappa shape index (κ1) is 13.8. The summed E-state index contributed by atoms with van der Waals surface area (Å²) in [6.07, 6.45) is 0.987. The lowest BCUT2D eigenvalue weighted by molar-refractivity contribution is 0.0951. The molecule has 1 N–H and O–H groups in total. The summed E-state index contributed by atoms with van der Waals surface area (Å²) in [5.41, 5.74) is 3.03. The quantitative estimate of drug-likeness (QED) is 0.909. The molecule has 2 nitrogen and oxygen atoms in total. The van der Waals surface area contributed by atoms with Crippen molar-refractivity contribution in [3.63, 3.8) is 0 Å². The molecule has 98 valence electrons. The predicted molar refractivity (Wildman–Crippen MR) is 81.1 cm³/mol. The van der Waals surface area contributed by atoms with E-state index in [1.807, 2.05) is 48.5 Å². The molecule has 0 saturated carbocycles. The van der Waals surface area contributed by atoms with Crippen molar-refractivity contribution in [1.29, 1.82) is 0 Å². The molecular weight excluding hydrogens is 302 g/mol. The van der Waals surface area contributed by atoms with Crippen LogP contribution in [-0.2, 0) is 13.0 Å². The maximum absolute atomic E-state index is 12.0. The third kappa shape index (κ3) is 3.93. The van der Waals surface area contributed by atoms with E-state index in [1.54, 1.807) is 0 Å². The van der Waals surface area contributed by atoms with Crippen LogP contribution in [0.25, 0.3) is 0 Å². The van der Waals surface area contributed by atoms with Crippen LogP contribution in [0.15, 0.2) is 53.0 Å². The predicted octanol–water partition coefficient (Wildman–Crippen LogP) is 3.94. The number of carbonyl (C=O) groups is 1. The van der Waals surface area contributed by atoms with Crippen molar-refractivity contribution in [2.24, 2.45) is 0 Å². The van der Waals surface area contributed by atoms with Gasteiger partial charge in [0.1, 0.15) is 0 Å². The molecule has 2 rings (SSSR count). The highest BCUT2D eigenvalue weighted by Gasteiger charge is 2.04. The Morgan fingerprint density at radius 1 is 1.00 bits per heavy atom. The largest absolute Gasteiger partial charge is 0.348 e. The van der Waals surface area contributed by atoms with E-state index in [2.05, 4.69) is 28.2 Å². The van der Waals surface area contributed by atoms with Gasteiger partial charge in [0.15, 0.2) is 0 Å². The van der Waals surface area contributed by atoms with Crippen molar-refractivity contribution in [3.05, 3.63) is 69.7 Å². The molecule has 0 aliphatic rings. The third-order valence-electron chi connectivity index (χ3n) is 2.99. The average Bonchev–Trinajstić information content (AvgIpc) is 2.46. The van der Waals surface area contributed by atoms with Crippen molar-refractivity contribution in [2.75, 3.05) is 0 Å². The number of rotatable bonds is 4. The zero-order valence-corrected chi connectivity index (χ0v) is 12.4.